The van der Waals surface area contributed by atoms with Crippen LogP contribution in [0.15, 0.2) is 18.2 Å². The maximum atomic E-state index is 13.2. The fourth-order valence-electron chi connectivity index (χ4n) is 1.14. The first-order chi connectivity index (χ1) is 7.91. The number of ketones is 1. The van der Waals surface area contributed by atoms with Crippen LogP contribution in [0.1, 0.15) is 17.3 Å². The molecule has 0 saturated carbocycles. The van der Waals surface area contributed by atoms with E-state index in [1.54, 1.807) is 0 Å². The summed E-state index contributed by atoms with van der Waals surface area (Å²) in [5, 5.41) is 10.9. The van der Waals surface area contributed by atoms with E-state index in [9.17, 15) is 18.4 Å². The van der Waals surface area contributed by atoms with Crippen LogP contribution in [0.5, 0.6) is 0 Å². The largest absolute Gasteiger partial charge is 0.480 e. The van der Waals surface area contributed by atoms with Gasteiger partial charge in [0.2, 0.25) is 0 Å². The summed E-state index contributed by atoms with van der Waals surface area (Å²) in [5.74, 6) is -3.38. The Morgan fingerprint density at radius 2 is 2.06 bits per heavy atom. The summed E-state index contributed by atoms with van der Waals surface area (Å²) < 4.78 is 26.0. The molecule has 1 aromatic carbocycles. The average molecular weight is 243 g/mol. The normalized spacial score (nSPS) is 12.2. The van der Waals surface area contributed by atoms with Crippen LogP contribution in [0.2, 0.25) is 0 Å². The monoisotopic (exact) mass is 243 g/mol. The van der Waals surface area contributed by atoms with Crippen molar-refractivity contribution < 1.29 is 23.5 Å². The third kappa shape index (κ3) is 3.60. The molecular formula is C11H11F2NO3. The quantitative estimate of drug-likeness (QED) is 0.763. The zero-order valence-corrected chi connectivity index (χ0v) is 9.04. The highest BCUT2D eigenvalue weighted by Crippen LogP contribution is 2.10. The molecule has 1 rings (SSSR count). The minimum absolute atomic E-state index is 0.367. The number of nitrogens with one attached hydrogen (secondary N) is 1. The molecule has 0 radical (unpaired) electrons. The Hall–Kier alpha value is -1.82. The van der Waals surface area contributed by atoms with Crippen LogP contribution in [0, 0.1) is 11.6 Å². The molecule has 2 N–H and O–H groups in total. The van der Waals surface area contributed by atoms with Gasteiger partial charge in [-0.1, -0.05) is 0 Å². The van der Waals surface area contributed by atoms with E-state index in [-0.39, 0.29) is 6.54 Å². The van der Waals surface area contributed by atoms with Crippen molar-refractivity contribution in [2.75, 3.05) is 6.54 Å². The number of halogens is 2. The molecule has 0 bridgehead atoms. The van der Waals surface area contributed by atoms with Gasteiger partial charge in [0.05, 0.1) is 12.1 Å². The van der Waals surface area contributed by atoms with Crippen molar-refractivity contribution in [1.82, 2.24) is 5.32 Å². The Morgan fingerprint density at radius 1 is 1.41 bits per heavy atom. The van der Waals surface area contributed by atoms with Crippen LogP contribution in [-0.4, -0.2) is 29.4 Å². The molecule has 0 aliphatic rings. The Morgan fingerprint density at radius 3 is 2.65 bits per heavy atom. The molecule has 0 saturated heterocycles. The van der Waals surface area contributed by atoms with E-state index in [0.717, 1.165) is 18.2 Å². The summed E-state index contributed by atoms with van der Waals surface area (Å²) in [6, 6.07) is 1.60. The van der Waals surface area contributed by atoms with Gasteiger partial charge in [0.1, 0.15) is 17.7 Å². The molecule has 6 heteroatoms. The van der Waals surface area contributed by atoms with Crippen molar-refractivity contribution in [2.24, 2.45) is 0 Å². The molecule has 0 aliphatic carbocycles. The molecule has 1 unspecified atom stereocenters. The predicted molar refractivity (Wildman–Crippen MR) is 55.8 cm³/mol. The van der Waals surface area contributed by atoms with Gasteiger partial charge >= 0.3 is 5.97 Å². The van der Waals surface area contributed by atoms with Crippen molar-refractivity contribution in [2.45, 2.75) is 13.0 Å². The third-order valence-corrected chi connectivity index (χ3v) is 2.17. The fraction of sp³-hybridized carbons (Fsp3) is 0.273. The van der Waals surface area contributed by atoms with Gasteiger partial charge in [-0.25, -0.2) is 8.78 Å². The highest BCUT2D eigenvalue weighted by atomic mass is 19.1. The van der Waals surface area contributed by atoms with E-state index in [1.165, 1.54) is 6.92 Å². The Balaban J connectivity index is 2.70. The Bertz CT molecular complexity index is 448. The van der Waals surface area contributed by atoms with Crippen LogP contribution in [-0.2, 0) is 4.79 Å². The lowest BCUT2D eigenvalue weighted by Gasteiger charge is -2.08. The second kappa shape index (κ2) is 5.49. The number of carbonyl (C=O) groups is 2. The van der Waals surface area contributed by atoms with Gasteiger partial charge in [0, 0.05) is 0 Å². The van der Waals surface area contributed by atoms with Crippen molar-refractivity contribution in [1.29, 1.82) is 0 Å². The highest BCUT2D eigenvalue weighted by Gasteiger charge is 2.16. The van der Waals surface area contributed by atoms with Gasteiger partial charge in [-0.05, 0) is 25.1 Å². The smallest absolute Gasteiger partial charge is 0.320 e. The zero-order valence-electron chi connectivity index (χ0n) is 9.04. The lowest BCUT2D eigenvalue weighted by molar-refractivity contribution is -0.138. The molecule has 92 valence electrons. The first-order valence-corrected chi connectivity index (χ1v) is 4.86. The molecule has 4 nitrogen and oxygen atoms in total. The number of hydrogen-bond donors (Lipinski definition) is 2. The van der Waals surface area contributed by atoms with E-state index < -0.39 is 35.0 Å². The number of aliphatic carboxylic acids is 1. The molecule has 0 heterocycles. The van der Waals surface area contributed by atoms with Gasteiger partial charge in [0.15, 0.2) is 5.78 Å². The van der Waals surface area contributed by atoms with E-state index in [2.05, 4.69) is 5.32 Å². The zero-order chi connectivity index (χ0) is 13.0. The SMILES string of the molecule is CC(NCC(=O)c1cc(F)ccc1F)C(=O)O. The molecule has 0 spiro atoms. The molecule has 0 aromatic heterocycles. The Kier molecular flexibility index (Phi) is 4.28. The molecule has 17 heavy (non-hydrogen) atoms. The van der Waals surface area contributed by atoms with E-state index in [1.807, 2.05) is 0 Å². The Labute approximate surface area is 96.3 Å². The average Bonchev–Trinajstić information content (AvgIpc) is 2.28. The molecule has 0 aliphatic heterocycles. The maximum Gasteiger partial charge on any atom is 0.320 e. The van der Waals surface area contributed by atoms with E-state index >= 15 is 0 Å². The van der Waals surface area contributed by atoms with Gasteiger partial charge in [0.25, 0.3) is 0 Å². The summed E-state index contributed by atoms with van der Waals surface area (Å²) >= 11 is 0. The minimum Gasteiger partial charge on any atom is -0.480 e. The van der Waals surface area contributed by atoms with E-state index in [0.29, 0.717) is 0 Å². The van der Waals surface area contributed by atoms with Crippen molar-refractivity contribution in [3.63, 3.8) is 0 Å². The molecule has 1 aromatic rings. The number of hydrogen-bond acceptors (Lipinski definition) is 3. The standard InChI is InChI=1S/C11H11F2NO3/c1-6(11(16)17)14-5-10(15)8-4-7(12)2-3-9(8)13/h2-4,6,14H,5H2,1H3,(H,16,17). The van der Waals surface area contributed by atoms with Crippen molar-refractivity contribution in [3.05, 3.63) is 35.4 Å². The maximum absolute atomic E-state index is 13.2. The van der Waals surface area contributed by atoms with Crippen LogP contribution >= 0.6 is 0 Å². The van der Waals surface area contributed by atoms with Crippen LogP contribution in [0.25, 0.3) is 0 Å². The lowest BCUT2D eigenvalue weighted by Crippen LogP contribution is -2.37. The second-order valence-corrected chi connectivity index (χ2v) is 3.49. The first kappa shape index (κ1) is 13.2. The third-order valence-electron chi connectivity index (χ3n) is 2.17. The van der Waals surface area contributed by atoms with Crippen LogP contribution < -0.4 is 5.32 Å². The van der Waals surface area contributed by atoms with Gasteiger partial charge < -0.3 is 5.11 Å². The molecule has 1 atom stereocenters. The summed E-state index contributed by atoms with van der Waals surface area (Å²) in [7, 11) is 0. The first-order valence-electron chi connectivity index (χ1n) is 4.86. The lowest BCUT2D eigenvalue weighted by atomic mass is 10.1. The minimum atomic E-state index is -1.13. The molecular weight excluding hydrogens is 232 g/mol. The number of carboxylic acid groups (broad SMARTS) is 1. The number of benzene rings is 1. The number of carboxylic acids is 1. The number of Topliss-reactive ketones (excluding diaryl/α,β-unsaturated/α-hetero) is 1. The van der Waals surface area contributed by atoms with Crippen LogP contribution in [0.3, 0.4) is 0 Å². The molecule has 0 fully saturated rings. The van der Waals surface area contributed by atoms with E-state index in [4.69, 9.17) is 5.11 Å². The summed E-state index contributed by atoms with van der Waals surface area (Å²) in [4.78, 5) is 21.9. The fourth-order valence-corrected chi connectivity index (χ4v) is 1.14. The van der Waals surface area contributed by atoms with Crippen molar-refractivity contribution in [3.8, 4) is 0 Å². The summed E-state index contributed by atoms with van der Waals surface area (Å²) in [5.41, 5.74) is -0.393. The van der Waals surface area contributed by atoms with Gasteiger partial charge in [-0.3, -0.25) is 14.9 Å². The predicted octanol–water partition coefficient (Wildman–Crippen LogP) is 1.21. The van der Waals surface area contributed by atoms with Gasteiger partial charge in [-0.15, -0.1) is 0 Å². The summed E-state index contributed by atoms with van der Waals surface area (Å²) in [6.07, 6.45) is 0. The molecule has 0 amide bonds. The second-order valence-electron chi connectivity index (χ2n) is 3.49. The number of carbonyl (C=O) groups excluding carboxylic acids is 1. The van der Waals surface area contributed by atoms with Gasteiger partial charge in [-0.2, -0.15) is 0 Å². The summed E-state index contributed by atoms with van der Waals surface area (Å²) in [6.45, 7) is 0.978. The topological polar surface area (TPSA) is 66.4 Å². The highest BCUT2D eigenvalue weighted by molar-refractivity contribution is 5.98. The van der Waals surface area contributed by atoms with Crippen LogP contribution in [0.4, 0.5) is 8.78 Å². The number of rotatable bonds is 5. The van der Waals surface area contributed by atoms with Crippen molar-refractivity contribution >= 4 is 11.8 Å².